The van der Waals surface area contributed by atoms with Gasteiger partial charge < -0.3 is 19.9 Å². The Hall–Kier alpha value is -2.64. The first kappa shape index (κ1) is 17.8. The highest BCUT2D eigenvalue weighted by atomic mass is 16.6. The van der Waals surface area contributed by atoms with Crippen LogP contribution in [0.1, 0.15) is 22.3 Å². The van der Waals surface area contributed by atoms with E-state index in [1.807, 2.05) is 18.2 Å². The number of likely N-dealkylation sites (tertiary alicyclic amines) is 1. The third-order valence-corrected chi connectivity index (χ3v) is 4.92. The fourth-order valence-corrected chi connectivity index (χ4v) is 3.50. The molecule has 0 spiro atoms. The minimum Gasteiger partial charge on any atom is -0.486 e. The molecule has 2 atom stereocenters. The van der Waals surface area contributed by atoms with Gasteiger partial charge in [0.05, 0.1) is 17.7 Å². The van der Waals surface area contributed by atoms with E-state index in [2.05, 4.69) is 15.2 Å². The Morgan fingerprint density at radius 3 is 2.89 bits per heavy atom. The number of amides is 1. The van der Waals surface area contributed by atoms with E-state index < -0.39 is 6.10 Å². The normalized spacial score (nSPS) is 22.3. The second kappa shape index (κ2) is 7.94. The summed E-state index contributed by atoms with van der Waals surface area (Å²) < 4.78 is 11.2. The Bertz CT molecular complexity index is 799. The fraction of sp³-hybridized carbons (Fsp3) is 0.400. The first-order chi connectivity index (χ1) is 13.2. The maximum absolute atomic E-state index is 12.3. The molecule has 7 nitrogen and oxygen atoms in total. The van der Waals surface area contributed by atoms with Crippen molar-refractivity contribution in [1.82, 2.24) is 15.2 Å². The Morgan fingerprint density at radius 1 is 1.26 bits per heavy atom. The minimum absolute atomic E-state index is 0.201. The monoisotopic (exact) mass is 369 g/mol. The number of fused-ring (bicyclic) bond motifs is 1. The Labute approximate surface area is 157 Å². The lowest BCUT2D eigenvalue weighted by atomic mass is 10.0. The lowest BCUT2D eigenvalue weighted by molar-refractivity contribution is 0.0349. The second-order valence-electron chi connectivity index (χ2n) is 6.89. The van der Waals surface area contributed by atoms with Crippen LogP contribution in [-0.2, 0) is 6.54 Å². The summed E-state index contributed by atoms with van der Waals surface area (Å²) in [5.74, 6) is 1.35. The SMILES string of the molecule is O=C(NC1CCN(Cc2ccc3c(c2)OCCO3)CC1O)c1cccnc1. The van der Waals surface area contributed by atoms with E-state index in [9.17, 15) is 9.90 Å². The first-order valence-corrected chi connectivity index (χ1v) is 9.19. The lowest BCUT2D eigenvalue weighted by Gasteiger charge is -2.36. The van der Waals surface area contributed by atoms with Crippen molar-refractivity contribution in [2.45, 2.75) is 25.1 Å². The van der Waals surface area contributed by atoms with Crippen LogP contribution in [0, 0.1) is 0 Å². The zero-order valence-corrected chi connectivity index (χ0v) is 15.0. The Balaban J connectivity index is 1.33. The largest absolute Gasteiger partial charge is 0.486 e. The molecule has 2 aliphatic rings. The number of nitrogens with zero attached hydrogens (tertiary/aromatic N) is 2. The van der Waals surface area contributed by atoms with Gasteiger partial charge in [-0.1, -0.05) is 6.07 Å². The van der Waals surface area contributed by atoms with Gasteiger partial charge in [0.25, 0.3) is 5.91 Å². The van der Waals surface area contributed by atoms with E-state index in [0.717, 1.165) is 30.2 Å². The third kappa shape index (κ3) is 4.20. The van der Waals surface area contributed by atoms with Crippen molar-refractivity contribution in [3.63, 3.8) is 0 Å². The van der Waals surface area contributed by atoms with Crippen LogP contribution in [0.5, 0.6) is 11.5 Å². The fourth-order valence-electron chi connectivity index (χ4n) is 3.50. The highest BCUT2D eigenvalue weighted by Gasteiger charge is 2.29. The van der Waals surface area contributed by atoms with E-state index in [-0.39, 0.29) is 11.9 Å². The van der Waals surface area contributed by atoms with Gasteiger partial charge in [-0.2, -0.15) is 0 Å². The van der Waals surface area contributed by atoms with E-state index >= 15 is 0 Å². The molecule has 0 radical (unpaired) electrons. The molecular weight excluding hydrogens is 346 g/mol. The molecule has 4 rings (SSSR count). The molecular formula is C20H23N3O4. The van der Waals surface area contributed by atoms with E-state index in [1.165, 1.54) is 6.20 Å². The number of pyridine rings is 1. The number of rotatable bonds is 4. The number of nitrogens with one attached hydrogen (secondary N) is 1. The van der Waals surface area contributed by atoms with Gasteiger partial charge in [0, 0.05) is 32.0 Å². The number of carbonyl (C=O) groups excluding carboxylic acids is 1. The number of piperidine rings is 1. The van der Waals surface area contributed by atoms with Crippen molar-refractivity contribution in [2.75, 3.05) is 26.3 Å². The highest BCUT2D eigenvalue weighted by Crippen LogP contribution is 2.31. The molecule has 1 aromatic carbocycles. The van der Waals surface area contributed by atoms with Crippen LogP contribution in [0.4, 0.5) is 0 Å². The molecule has 3 heterocycles. The topological polar surface area (TPSA) is 83.9 Å². The van der Waals surface area contributed by atoms with Crippen LogP contribution in [0.15, 0.2) is 42.7 Å². The van der Waals surface area contributed by atoms with Gasteiger partial charge in [0.1, 0.15) is 13.2 Å². The maximum Gasteiger partial charge on any atom is 0.253 e. The second-order valence-corrected chi connectivity index (χ2v) is 6.89. The summed E-state index contributed by atoms with van der Waals surface area (Å²) in [4.78, 5) is 18.4. The van der Waals surface area contributed by atoms with Gasteiger partial charge in [-0.25, -0.2) is 0 Å². The summed E-state index contributed by atoms with van der Waals surface area (Å²) in [6.07, 6.45) is 3.23. The predicted molar refractivity (Wildman–Crippen MR) is 98.8 cm³/mol. The number of hydrogen-bond acceptors (Lipinski definition) is 6. The van der Waals surface area contributed by atoms with E-state index in [4.69, 9.17) is 9.47 Å². The molecule has 0 aliphatic carbocycles. The summed E-state index contributed by atoms with van der Waals surface area (Å²) in [6, 6.07) is 9.13. The molecule has 0 saturated carbocycles. The van der Waals surface area contributed by atoms with Crippen molar-refractivity contribution in [1.29, 1.82) is 0 Å². The highest BCUT2D eigenvalue weighted by molar-refractivity contribution is 5.94. The van der Waals surface area contributed by atoms with E-state index in [0.29, 0.717) is 31.7 Å². The summed E-state index contributed by atoms with van der Waals surface area (Å²) in [5.41, 5.74) is 1.62. The molecule has 27 heavy (non-hydrogen) atoms. The van der Waals surface area contributed by atoms with Crippen molar-refractivity contribution >= 4 is 5.91 Å². The molecule has 2 N–H and O–H groups in total. The molecule has 1 aromatic heterocycles. The Kier molecular flexibility index (Phi) is 5.22. The van der Waals surface area contributed by atoms with Gasteiger partial charge in [0.15, 0.2) is 11.5 Å². The molecule has 1 saturated heterocycles. The smallest absolute Gasteiger partial charge is 0.253 e. The minimum atomic E-state index is -0.614. The zero-order chi connectivity index (χ0) is 18.6. The molecule has 2 unspecified atom stereocenters. The molecule has 2 aliphatic heterocycles. The number of hydrogen-bond donors (Lipinski definition) is 2. The molecule has 7 heteroatoms. The molecule has 1 fully saturated rings. The van der Waals surface area contributed by atoms with E-state index in [1.54, 1.807) is 18.3 Å². The zero-order valence-electron chi connectivity index (χ0n) is 15.0. The van der Waals surface area contributed by atoms with Gasteiger partial charge in [-0.05, 0) is 36.2 Å². The van der Waals surface area contributed by atoms with Gasteiger partial charge in [0.2, 0.25) is 0 Å². The summed E-state index contributed by atoms with van der Waals surface area (Å²) in [5, 5.41) is 13.4. The van der Waals surface area contributed by atoms with Crippen molar-refractivity contribution < 1.29 is 19.4 Å². The van der Waals surface area contributed by atoms with Crippen molar-refractivity contribution in [3.05, 3.63) is 53.9 Å². The number of carbonyl (C=O) groups is 1. The van der Waals surface area contributed by atoms with Crippen LogP contribution in [0.25, 0.3) is 0 Å². The van der Waals surface area contributed by atoms with Crippen LogP contribution in [0.2, 0.25) is 0 Å². The number of aliphatic hydroxyl groups excluding tert-OH is 1. The number of aliphatic hydroxyl groups is 1. The number of benzene rings is 1. The molecule has 1 amide bonds. The lowest BCUT2D eigenvalue weighted by Crippen LogP contribution is -2.53. The Morgan fingerprint density at radius 2 is 2.11 bits per heavy atom. The molecule has 142 valence electrons. The first-order valence-electron chi connectivity index (χ1n) is 9.19. The number of ether oxygens (including phenoxy) is 2. The average Bonchev–Trinajstić information content (AvgIpc) is 2.70. The van der Waals surface area contributed by atoms with Gasteiger partial charge in [-0.15, -0.1) is 0 Å². The van der Waals surface area contributed by atoms with Crippen LogP contribution >= 0.6 is 0 Å². The number of aromatic nitrogens is 1. The van der Waals surface area contributed by atoms with Crippen molar-refractivity contribution in [2.24, 2.45) is 0 Å². The summed E-state index contributed by atoms with van der Waals surface area (Å²) in [7, 11) is 0. The average molecular weight is 369 g/mol. The van der Waals surface area contributed by atoms with Crippen LogP contribution in [0.3, 0.4) is 0 Å². The van der Waals surface area contributed by atoms with Crippen LogP contribution < -0.4 is 14.8 Å². The van der Waals surface area contributed by atoms with Gasteiger partial charge in [-0.3, -0.25) is 14.7 Å². The predicted octanol–water partition coefficient (Wildman–Crippen LogP) is 1.22. The maximum atomic E-state index is 12.3. The summed E-state index contributed by atoms with van der Waals surface area (Å²) in [6.45, 7) is 3.17. The van der Waals surface area contributed by atoms with Crippen molar-refractivity contribution in [3.8, 4) is 11.5 Å². The quantitative estimate of drug-likeness (QED) is 0.843. The molecule has 2 aromatic rings. The van der Waals surface area contributed by atoms with Gasteiger partial charge >= 0.3 is 0 Å². The molecule has 0 bridgehead atoms. The van der Waals surface area contributed by atoms with Crippen LogP contribution in [-0.4, -0.2) is 59.3 Å². The standard InChI is InChI=1S/C20H23N3O4/c24-17-13-23(12-14-3-4-18-19(10-14)27-9-8-26-18)7-5-16(17)22-20(25)15-2-1-6-21-11-15/h1-4,6,10-11,16-17,24H,5,7-9,12-13H2,(H,22,25). The summed E-state index contributed by atoms with van der Waals surface area (Å²) >= 11 is 0. The number of β-amino-alcohol motifs (C(OH)–C–C–N with tert-alkyl or cyclic N) is 1. The third-order valence-electron chi connectivity index (χ3n) is 4.92.